The lowest BCUT2D eigenvalue weighted by molar-refractivity contribution is 0.0945. The third-order valence-electron chi connectivity index (χ3n) is 5.61. The lowest BCUT2D eigenvalue weighted by atomic mass is 9.95. The first-order valence-corrected chi connectivity index (χ1v) is 11.5. The molecule has 1 aromatic heterocycles. The summed E-state index contributed by atoms with van der Waals surface area (Å²) in [6, 6.07) is 1.81. The smallest absolute Gasteiger partial charge is 0.349 e. The van der Waals surface area contributed by atoms with E-state index in [1.54, 1.807) is 13.0 Å². The highest BCUT2D eigenvalue weighted by molar-refractivity contribution is 7.91. The summed E-state index contributed by atoms with van der Waals surface area (Å²) in [6.07, 6.45) is 4.01. The zero-order chi connectivity index (χ0) is 19.4. The van der Waals surface area contributed by atoms with E-state index in [0.717, 1.165) is 32.4 Å². The average molecular weight is 433 g/mol. The van der Waals surface area contributed by atoms with E-state index < -0.39 is 21.4 Å². The molecule has 0 aliphatic carbocycles. The van der Waals surface area contributed by atoms with Crippen LogP contribution in [-0.4, -0.2) is 45.5 Å². The molecule has 1 amide bonds. The molecule has 28 heavy (non-hydrogen) atoms. The van der Waals surface area contributed by atoms with Crippen LogP contribution in [0.25, 0.3) is 0 Å². The van der Waals surface area contributed by atoms with Gasteiger partial charge in [-0.1, -0.05) is 0 Å². The van der Waals surface area contributed by atoms with Crippen LogP contribution in [0.15, 0.2) is 15.3 Å². The molecule has 1 aromatic rings. The molecule has 1 atom stereocenters. The molecule has 2 saturated heterocycles. The second-order valence-corrected chi connectivity index (χ2v) is 9.98. The lowest BCUT2D eigenvalue weighted by Crippen LogP contribution is -2.33. The average Bonchev–Trinajstić information content (AvgIpc) is 2.63. The van der Waals surface area contributed by atoms with Gasteiger partial charge in [0.1, 0.15) is 21.2 Å². The largest absolute Gasteiger partial charge is 0.427 e. The van der Waals surface area contributed by atoms with Crippen LogP contribution in [0.2, 0.25) is 0 Å². The Hall–Kier alpha value is -1.38. The fourth-order valence-electron chi connectivity index (χ4n) is 3.91. The molecule has 3 rings (SSSR count). The molecule has 2 fully saturated rings. The summed E-state index contributed by atoms with van der Waals surface area (Å²) in [7, 11) is -2.87. The van der Waals surface area contributed by atoms with E-state index in [-0.39, 0.29) is 35.4 Å². The van der Waals surface area contributed by atoms with Crippen LogP contribution in [0, 0.1) is 12.8 Å². The number of sulfone groups is 1. The molecule has 0 saturated carbocycles. The Balaban J connectivity index is 0.00000280. The number of carbonyl (C=O) groups is 1. The number of nitrogens with one attached hydrogen (secondary N) is 2. The first-order valence-electron chi connectivity index (χ1n) is 9.70. The fourth-order valence-corrected chi connectivity index (χ4v) is 5.50. The van der Waals surface area contributed by atoms with Crippen LogP contribution in [0.1, 0.15) is 59.7 Å². The molecular weight excluding hydrogens is 404 g/mol. The molecule has 0 aromatic carbocycles. The van der Waals surface area contributed by atoms with Gasteiger partial charge in [0.25, 0.3) is 5.91 Å². The van der Waals surface area contributed by atoms with Gasteiger partial charge in [0.2, 0.25) is 0 Å². The van der Waals surface area contributed by atoms with E-state index in [1.807, 2.05) is 0 Å². The highest BCUT2D eigenvalue weighted by atomic mass is 35.5. The Morgan fingerprint density at radius 3 is 2.61 bits per heavy atom. The first-order chi connectivity index (χ1) is 12.9. The molecule has 0 spiro atoms. The monoisotopic (exact) mass is 432 g/mol. The number of halogens is 1. The van der Waals surface area contributed by atoms with E-state index >= 15 is 0 Å². The first kappa shape index (κ1) is 22.9. The van der Waals surface area contributed by atoms with E-state index in [1.165, 1.54) is 0 Å². The van der Waals surface area contributed by atoms with Crippen molar-refractivity contribution in [1.82, 2.24) is 10.6 Å². The zero-order valence-electron chi connectivity index (χ0n) is 16.2. The predicted octanol–water partition coefficient (Wildman–Crippen LogP) is 1.78. The molecule has 7 nitrogen and oxygen atoms in total. The second kappa shape index (κ2) is 9.89. The van der Waals surface area contributed by atoms with Crippen molar-refractivity contribution in [2.75, 3.05) is 31.1 Å². The Labute approximate surface area is 172 Å². The molecule has 1 unspecified atom stereocenters. The predicted molar refractivity (Wildman–Crippen MR) is 110 cm³/mol. The van der Waals surface area contributed by atoms with Crippen LogP contribution in [-0.2, 0) is 9.84 Å². The molecule has 2 N–H and O–H groups in total. The third-order valence-corrected chi connectivity index (χ3v) is 7.32. The Kier molecular flexibility index (Phi) is 8.09. The Bertz CT molecular complexity index is 832. The minimum atomic E-state index is -2.87. The van der Waals surface area contributed by atoms with Crippen molar-refractivity contribution >= 4 is 28.2 Å². The number of amides is 1. The highest BCUT2D eigenvalue weighted by Crippen LogP contribution is 2.24. The number of piperidine rings is 1. The summed E-state index contributed by atoms with van der Waals surface area (Å²) in [5.74, 6) is 1.15. The number of rotatable bonds is 5. The highest BCUT2D eigenvalue weighted by Gasteiger charge is 2.25. The second-order valence-electron chi connectivity index (χ2n) is 7.68. The van der Waals surface area contributed by atoms with E-state index in [2.05, 4.69) is 10.6 Å². The minimum absolute atomic E-state index is 0. The summed E-state index contributed by atoms with van der Waals surface area (Å²) in [5.41, 5.74) is 0.110. The van der Waals surface area contributed by atoms with Crippen LogP contribution in [0.5, 0.6) is 0 Å². The van der Waals surface area contributed by atoms with Crippen LogP contribution >= 0.6 is 12.4 Å². The third kappa shape index (κ3) is 5.81. The van der Waals surface area contributed by atoms with Crippen molar-refractivity contribution in [3.63, 3.8) is 0 Å². The molecular formula is C19H29ClN2O5S. The lowest BCUT2D eigenvalue weighted by Gasteiger charge is -2.22. The van der Waals surface area contributed by atoms with Gasteiger partial charge in [0.05, 0.1) is 11.5 Å². The van der Waals surface area contributed by atoms with Gasteiger partial charge in [-0.05, 0) is 63.1 Å². The fraction of sp³-hybridized carbons (Fsp3) is 0.684. The molecule has 2 aliphatic rings. The molecule has 158 valence electrons. The summed E-state index contributed by atoms with van der Waals surface area (Å²) in [5, 5.41) is 6.08. The number of hydrogen-bond donors (Lipinski definition) is 2. The number of hydrogen-bond acceptors (Lipinski definition) is 6. The van der Waals surface area contributed by atoms with Crippen molar-refractivity contribution in [3.8, 4) is 0 Å². The zero-order valence-corrected chi connectivity index (χ0v) is 17.8. The summed E-state index contributed by atoms with van der Waals surface area (Å²) in [6.45, 7) is 3.95. The van der Waals surface area contributed by atoms with E-state index in [4.69, 9.17) is 4.42 Å². The van der Waals surface area contributed by atoms with Gasteiger partial charge in [0, 0.05) is 19.0 Å². The van der Waals surface area contributed by atoms with Crippen molar-refractivity contribution in [3.05, 3.63) is 33.4 Å². The quantitative estimate of drug-likeness (QED) is 0.734. The normalized spacial score (nSPS) is 22.2. The van der Waals surface area contributed by atoms with Gasteiger partial charge >= 0.3 is 5.63 Å². The topological polar surface area (TPSA) is 105 Å². The summed E-state index contributed by atoms with van der Waals surface area (Å²) in [4.78, 5) is 24.8. The summed E-state index contributed by atoms with van der Waals surface area (Å²) >= 11 is 0. The SMILES string of the molecule is Cc1cc(C2CCCNC2)oc(=O)c1C(=O)NCCC1CCS(=O)(=O)CC1.Cl. The van der Waals surface area contributed by atoms with Gasteiger partial charge in [-0.15, -0.1) is 12.4 Å². The molecule has 0 bridgehead atoms. The maximum absolute atomic E-state index is 12.4. The Morgan fingerprint density at radius 1 is 1.29 bits per heavy atom. The van der Waals surface area contributed by atoms with Crippen molar-refractivity contribution in [2.24, 2.45) is 5.92 Å². The number of aryl methyl sites for hydroxylation is 1. The van der Waals surface area contributed by atoms with E-state index in [9.17, 15) is 18.0 Å². The van der Waals surface area contributed by atoms with Crippen molar-refractivity contribution < 1.29 is 17.6 Å². The molecule has 2 aliphatic heterocycles. The van der Waals surface area contributed by atoms with Gasteiger partial charge in [0.15, 0.2) is 0 Å². The van der Waals surface area contributed by atoms with Gasteiger partial charge in [-0.3, -0.25) is 4.79 Å². The maximum Gasteiger partial charge on any atom is 0.349 e. The van der Waals surface area contributed by atoms with Gasteiger partial charge in [-0.2, -0.15) is 0 Å². The minimum Gasteiger partial charge on any atom is -0.427 e. The molecule has 9 heteroatoms. The van der Waals surface area contributed by atoms with E-state index in [0.29, 0.717) is 36.6 Å². The van der Waals surface area contributed by atoms with Gasteiger partial charge < -0.3 is 15.1 Å². The van der Waals surface area contributed by atoms with Crippen LogP contribution < -0.4 is 16.3 Å². The van der Waals surface area contributed by atoms with Crippen LogP contribution in [0.3, 0.4) is 0 Å². The number of carbonyl (C=O) groups excluding carboxylic acids is 1. The maximum atomic E-state index is 12.4. The Morgan fingerprint density at radius 2 is 2.00 bits per heavy atom. The summed E-state index contributed by atoms with van der Waals surface area (Å²) < 4.78 is 28.4. The standard InChI is InChI=1S/C19H28N2O5S.ClH/c1-13-11-16(15-3-2-7-20-12-15)26-19(23)17(13)18(22)21-8-4-14-5-9-27(24,25)10-6-14;/h11,14-15,20H,2-10,12H2,1H3,(H,21,22);1H. The van der Waals surface area contributed by atoms with Gasteiger partial charge in [-0.25, -0.2) is 13.2 Å². The van der Waals surface area contributed by atoms with Crippen molar-refractivity contribution in [2.45, 2.75) is 44.9 Å². The van der Waals surface area contributed by atoms with Crippen LogP contribution in [0.4, 0.5) is 0 Å². The molecule has 0 radical (unpaired) electrons. The molecule has 3 heterocycles. The van der Waals surface area contributed by atoms with Crippen molar-refractivity contribution in [1.29, 1.82) is 0 Å².